The van der Waals surface area contributed by atoms with Gasteiger partial charge in [0, 0.05) is 19.6 Å². The van der Waals surface area contributed by atoms with Gasteiger partial charge in [-0.25, -0.2) is 9.37 Å². The van der Waals surface area contributed by atoms with Crippen molar-refractivity contribution in [2.24, 2.45) is 0 Å². The number of nitrogens with zero attached hydrogens (tertiary/aromatic N) is 2. The molecule has 0 atom stereocenters. The van der Waals surface area contributed by atoms with Crippen LogP contribution in [0, 0.1) is 5.82 Å². The molecule has 1 aromatic carbocycles. The van der Waals surface area contributed by atoms with Gasteiger partial charge in [0.2, 0.25) is 0 Å². The number of halogens is 3. The quantitative estimate of drug-likeness (QED) is 0.838. The van der Waals surface area contributed by atoms with Crippen LogP contribution in [0.15, 0.2) is 18.5 Å². The first-order valence-electron chi connectivity index (χ1n) is 6.38. The summed E-state index contributed by atoms with van der Waals surface area (Å²) in [6.07, 6.45) is 2.38. The number of carbonyl (C=O) groups excluding carboxylic acids is 1. The largest absolute Gasteiger partial charge is 0.344 e. The van der Waals surface area contributed by atoms with Crippen molar-refractivity contribution in [2.75, 3.05) is 26.2 Å². The Kier molecular flexibility index (Phi) is 6.39. The molecule has 0 radical (unpaired) electrons. The number of aromatic nitrogens is 2. The highest BCUT2D eigenvalue weighted by molar-refractivity contribution is 6.04. The van der Waals surface area contributed by atoms with Gasteiger partial charge in [0.15, 0.2) is 0 Å². The Balaban J connectivity index is 0.00000110. The summed E-state index contributed by atoms with van der Waals surface area (Å²) in [5.41, 5.74) is 1.41. The first-order valence-corrected chi connectivity index (χ1v) is 6.38. The lowest BCUT2D eigenvalue weighted by Crippen LogP contribution is -2.34. The minimum atomic E-state index is -0.423. The molecule has 116 valence electrons. The first kappa shape index (κ1) is 17.7. The molecule has 1 aliphatic rings. The second-order valence-electron chi connectivity index (χ2n) is 4.65. The third-order valence-electron chi connectivity index (χ3n) is 3.35. The monoisotopic (exact) mass is 334 g/mol. The van der Waals surface area contributed by atoms with Gasteiger partial charge in [0.25, 0.3) is 5.91 Å². The summed E-state index contributed by atoms with van der Waals surface area (Å²) in [5, 5.41) is 3.24. The second kappa shape index (κ2) is 7.59. The topological polar surface area (TPSA) is 61.0 Å². The van der Waals surface area contributed by atoms with Gasteiger partial charge >= 0.3 is 0 Å². The molecule has 1 amide bonds. The SMILES string of the molecule is Cl.Cl.O=C(c1cc(F)cc2[nH]cnc12)N1CCCNCC1. The molecule has 0 unspecified atom stereocenters. The molecular weight excluding hydrogens is 318 g/mol. The molecule has 3 rings (SSSR count). The number of hydrogen-bond acceptors (Lipinski definition) is 3. The molecule has 2 N–H and O–H groups in total. The maximum atomic E-state index is 13.6. The summed E-state index contributed by atoms with van der Waals surface area (Å²) in [6.45, 7) is 3.00. The van der Waals surface area contributed by atoms with E-state index in [1.807, 2.05) is 0 Å². The maximum absolute atomic E-state index is 13.6. The smallest absolute Gasteiger partial charge is 0.256 e. The number of carbonyl (C=O) groups is 1. The van der Waals surface area contributed by atoms with Crippen LogP contribution >= 0.6 is 24.8 Å². The molecule has 0 bridgehead atoms. The molecule has 1 aliphatic heterocycles. The molecule has 8 heteroatoms. The van der Waals surface area contributed by atoms with Gasteiger partial charge in [-0.2, -0.15) is 0 Å². The molecule has 2 heterocycles. The number of hydrogen-bond donors (Lipinski definition) is 2. The van der Waals surface area contributed by atoms with E-state index in [-0.39, 0.29) is 30.7 Å². The van der Waals surface area contributed by atoms with Gasteiger partial charge in [-0.15, -0.1) is 24.8 Å². The predicted molar refractivity (Wildman–Crippen MR) is 83.9 cm³/mol. The molecule has 0 spiro atoms. The molecule has 5 nitrogen and oxygen atoms in total. The average molecular weight is 335 g/mol. The summed E-state index contributed by atoms with van der Waals surface area (Å²) in [6, 6.07) is 2.62. The first-order chi connectivity index (χ1) is 9.25. The van der Waals surface area contributed by atoms with Gasteiger partial charge in [-0.1, -0.05) is 0 Å². The van der Waals surface area contributed by atoms with Gasteiger partial charge in [-0.05, 0) is 25.1 Å². The predicted octanol–water partition coefficient (Wildman–Crippen LogP) is 1.98. The Morgan fingerprint density at radius 2 is 2.05 bits per heavy atom. The van der Waals surface area contributed by atoms with E-state index in [0.29, 0.717) is 29.7 Å². The molecule has 0 saturated carbocycles. The van der Waals surface area contributed by atoms with Crippen LogP contribution in [0.5, 0.6) is 0 Å². The molecule has 1 aromatic heterocycles. The van der Waals surface area contributed by atoms with E-state index in [9.17, 15) is 9.18 Å². The summed E-state index contributed by atoms with van der Waals surface area (Å²) in [5.74, 6) is -0.576. The molecular formula is C13H17Cl2FN4O. The van der Waals surface area contributed by atoms with Crippen molar-refractivity contribution in [3.05, 3.63) is 29.8 Å². The minimum Gasteiger partial charge on any atom is -0.344 e. The van der Waals surface area contributed by atoms with E-state index in [1.54, 1.807) is 4.90 Å². The highest BCUT2D eigenvalue weighted by atomic mass is 35.5. The van der Waals surface area contributed by atoms with Crippen molar-refractivity contribution in [2.45, 2.75) is 6.42 Å². The number of rotatable bonds is 1. The lowest BCUT2D eigenvalue weighted by Gasteiger charge is -2.20. The van der Waals surface area contributed by atoms with Crippen LogP contribution in [0.1, 0.15) is 16.8 Å². The third kappa shape index (κ3) is 3.64. The van der Waals surface area contributed by atoms with E-state index in [4.69, 9.17) is 0 Å². The van der Waals surface area contributed by atoms with Crippen molar-refractivity contribution in [1.82, 2.24) is 20.2 Å². The minimum absolute atomic E-state index is 0. The Morgan fingerprint density at radius 3 is 2.86 bits per heavy atom. The van der Waals surface area contributed by atoms with Gasteiger partial charge in [-0.3, -0.25) is 4.79 Å². The van der Waals surface area contributed by atoms with Gasteiger partial charge in [0.1, 0.15) is 11.3 Å². The number of amides is 1. The summed E-state index contributed by atoms with van der Waals surface area (Å²) in [4.78, 5) is 21.2. The third-order valence-corrected chi connectivity index (χ3v) is 3.35. The maximum Gasteiger partial charge on any atom is 0.256 e. The fraction of sp³-hybridized carbons (Fsp3) is 0.385. The van der Waals surface area contributed by atoms with Crippen LogP contribution in [0.3, 0.4) is 0 Å². The fourth-order valence-corrected chi connectivity index (χ4v) is 2.40. The van der Waals surface area contributed by atoms with Gasteiger partial charge in [0.05, 0.1) is 17.4 Å². The Labute approximate surface area is 134 Å². The van der Waals surface area contributed by atoms with Crippen molar-refractivity contribution in [3.8, 4) is 0 Å². The highest BCUT2D eigenvalue weighted by Crippen LogP contribution is 2.19. The van der Waals surface area contributed by atoms with Crippen LogP contribution in [-0.4, -0.2) is 47.0 Å². The lowest BCUT2D eigenvalue weighted by molar-refractivity contribution is 0.0767. The van der Waals surface area contributed by atoms with E-state index in [1.165, 1.54) is 18.5 Å². The van der Waals surface area contributed by atoms with Crippen LogP contribution in [0.4, 0.5) is 4.39 Å². The Bertz CT molecular complexity index is 611. The summed E-state index contributed by atoms with van der Waals surface area (Å²) >= 11 is 0. The normalized spacial score (nSPS) is 15.0. The molecule has 21 heavy (non-hydrogen) atoms. The zero-order chi connectivity index (χ0) is 13.2. The van der Waals surface area contributed by atoms with E-state index in [2.05, 4.69) is 15.3 Å². The van der Waals surface area contributed by atoms with E-state index in [0.717, 1.165) is 19.5 Å². The zero-order valence-electron chi connectivity index (χ0n) is 11.3. The number of benzene rings is 1. The Hall–Kier alpha value is -1.37. The molecule has 1 saturated heterocycles. The van der Waals surface area contributed by atoms with Crippen molar-refractivity contribution in [3.63, 3.8) is 0 Å². The van der Waals surface area contributed by atoms with Crippen molar-refractivity contribution < 1.29 is 9.18 Å². The number of H-pyrrole nitrogens is 1. The second-order valence-corrected chi connectivity index (χ2v) is 4.65. The average Bonchev–Trinajstić information content (AvgIpc) is 2.70. The standard InChI is InChI=1S/C13H15FN4O.2ClH/c14-9-6-10(12-11(7-9)16-8-17-12)13(19)18-4-1-2-15-3-5-18;;/h6-8,15H,1-5H2,(H,16,17);2*1H. The number of nitrogens with one attached hydrogen (secondary N) is 2. The van der Waals surface area contributed by atoms with Gasteiger partial charge < -0.3 is 15.2 Å². The molecule has 0 aliphatic carbocycles. The van der Waals surface area contributed by atoms with Crippen LogP contribution in [0.25, 0.3) is 11.0 Å². The Morgan fingerprint density at radius 1 is 1.24 bits per heavy atom. The fourth-order valence-electron chi connectivity index (χ4n) is 2.40. The molecule has 1 fully saturated rings. The molecule has 2 aromatic rings. The van der Waals surface area contributed by atoms with E-state index >= 15 is 0 Å². The number of fused-ring (bicyclic) bond motifs is 1. The van der Waals surface area contributed by atoms with Crippen LogP contribution in [-0.2, 0) is 0 Å². The number of imidazole rings is 1. The van der Waals surface area contributed by atoms with E-state index < -0.39 is 5.82 Å². The van der Waals surface area contributed by atoms with Crippen molar-refractivity contribution in [1.29, 1.82) is 0 Å². The lowest BCUT2D eigenvalue weighted by atomic mass is 10.1. The van der Waals surface area contributed by atoms with Crippen LogP contribution in [0.2, 0.25) is 0 Å². The number of aromatic amines is 1. The summed E-state index contributed by atoms with van der Waals surface area (Å²) in [7, 11) is 0. The summed E-state index contributed by atoms with van der Waals surface area (Å²) < 4.78 is 13.6. The highest BCUT2D eigenvalue weighted by Gasteiger charge is 2.21. The van der Waals surface area contributed by atoms with Crippen molar-refractivity contribution >= 4 is 41.8 Å². The zero-order valence-corrected chi connectivity index (χ0v) is 12.9. The van der Waals surface area contributed by atoms with Crippen LogP contribution < -0.4 is 5.32 Å².